The first kappa shape index (κ1) is 20.4. The number of aromatic nitrogens is 2. The molecule has 0 saturated heterocycles. The molecule has 7 heteroatoms. The van der Waals surface area contributed by atoms with Crippen molar-refractivity contribution in [3.05, 3.63) is 84.6 Å². The van der Waals surface area contributed by atoms with Gasteiger partial charge in [-0.1, -0.05) is 30.3 Å². The van der Waals surface area contributed by atoms with E-state index in [1.54, 1.807) is 17.0 Å². The number of carbonyl (C=O) groups excluding carboxylic acids is 2. The summed E-state index contributed by atoms with van der Waals surface area (Å²) in [4.78, 5) is 32.2. The summed E-state index contributed by atoms with van der Waals surface area (Å²) in [5, 5.41) is 2.91. The molecule has 0 unspecified atom stereocenters. The predicted octanol–water partition coefficient (Wildman–Crippen LogP) is 4.17. The molecule has 2 aromatic carbocycles. The van der Waals surface area contributed by atoms with Crippen LogP contribution in [0.3, 0.4) is 0 Å². The van der Waals surface area contributed by atoms with Gasteiger partial charge in [-0.05, 0) is 50.2 Å². The van der Waals surface area contributed by atoms with Crippen LogP contribution >= 0.6 is 0 Å². The van der Waals surface area contributed by atoms with E-state index in [2.05, 4.69) is 5.32 Å². The van der Waals surface area contributed by atoms with Crippen LogP contribution in [0.1, 0.15) is 36.3 Å². The number of likely N-dealkylation sites (N-methyl/N-ethyl adjacent to an activating group) is 1. The van der Waals surface area contributed by atoms with Gasteiger partial charge in [0.15, 0.2) is 5.76 Å². The van der Waals surface area contributed by atoms with Crippen LogP contribution in [0.4, 0.5) is 5.69 Å². The van der Waals surface area contributed by atoms with Crippen LogP contribution in [-0.4, -0.2) is 27.9 Å². The van der Waals surface area contributed by atoms with Crippen LogP contribution in [0.15, 0.2) is 77.4 Å². The fourth-order valence-electron chi connectivity index (χ4n) is 3.66. The molecule has 0 spiro atoms. The Morgan fingerprint density at radius 1 is 1.06 bits per heavy atom. The molecule has 2 amide bonds. The van der Waals surface area contributed by atoms with Gasteiger partial charge in [0.25, 0.3) is 5.91 Å². The van der Waals surface area contributed by atoms with Gasteiger partial charge in [-0.15, -0.1) is 0 Å². The van der Waals surface area contributed by atoms with Gasteiger partial charge in [-0.2, -0.15) is 0 Å². The first-order valence-corrected chi connectivity index (χ1v) is 10.2. The number of imidazole rings is 1. The van der Waals surface area contributed by atoms with Gasteiger partial charge in [0, 0.05) is 12.2 Å². The van der Waals surface area contributed by atoms with Crippen molar-refractivity contribution in [1.29, 1.82) is 0 Å². The molecule has 158 valence electrons. The highest BCUT2D eigenvalue weighted by molar-refractivity contribution is 5.94. The minimum absolute atomic E-state index is 0.0531. The van der Waals surface area contributed by atoms with Crippen molar-refractivity contribution >= 4 is 28.5 Å². The lowest BCUT2D eigenvalue weighted by molar-refractivity contribution is -0.119. The van der Waals surface area contributed by atoms with Gasteiger partial charge < -0.3 is 19.2 Å². The summed E-state index contributed by atoms with van der Waals surface area (Å²) >= 11 is 0. The highest BCUT2D eigenvalue weighted by Crippen LogP contribution is 2.22. The van der Waals surface area contributed by atoms with Crippen molar-refractivity contribution in [2.75, 3.05) is 11.4 Å². The van der Waals surface area contributed by atoms with E-state index in [4.69, 9.17) is 9.40 Å². The fraction of sp³-hybridized carbons (Fsp3) is 0.208. The molecule has 0 aliphatic heterocycles. The van der Waals surface area contributed by atoms with Gasteiger partial charge in [-0.25, -0.2) is 4.98 Å². The number of amides is 2. The number of hydrogen-bond donors (Lipinski definition) is 1. The van der Waals surface area contributed by atoms with E-state index in [0.717, 1.165) is 16.7 Å². The van der Waals surface area contributed by atoms with Crippen LogP contribution in [0, 0.1) is 0 Å². The zero-order valence-electron chi connectivity index (χ0n) is 17.5. The highest BCUT2D eigenvalue weighted by Gasteiger charge is 2.23. The topological polar surface area (TPSA) is 80.4 Å². The molecule has 4 rings (SSSR count). The quantitative estimate of drug-likeness (QED) is 0.490. The number of furan rings is 1. The molecule has 2 heterocycles. The Hall–Kier alpha value is -3.87. The summed E-state index contributed by atoms with van der Waals surface area (Å²) in [7, 11) is 0. The second-order valence-corrected chi connectivity index (χ2v) is 7.19. The lowest BCUT2D eigenvalue weighted by Gasteiger charge is -2.23. The zero-order chi connectivity index (χ0) is 21.8. The molecule has 0 aliphatic carbocycles. The first-order valence-electron chi connectivity index (χ1n) is 10.2. The molecule has 31 heavy (non-hydrogen) atoms. The minimum atomic E-state index is -0.426. The lowest BCUT2D eigenvalue weighted by Crippen LogP contribution is -2.35. The average molecular weight is 416 g/mol. The smallest absolute Gasteiger partial charge is 0.287 e. The molecule has 0 saturated carbocycles. The fourth-order valence-corrected chi connectivity index (χ4v) is 3.66. The zero-order valence-corrected chi connectivity index (χ0v) is 17.5. The van der Waals surface area contributed by atoms with Crippen molar-refractivity contribution < 1.29 is 14.0 Å². The number of para-hydroxylation sites is 3. The normalized spacial score (nSPS) is 11.9. The van der Waals surface area contributed by atoms with E-state index in [0.29, 0.717) is 12.4 Å². The van der Waals surface area contributed by atoms with E-state index in [1.165, 1.54) is 6.26 Å². The Kier molecular flexibility index (Phi) is 5.84. The summed E-state index contributed by atoms with van der Waals surface area (Å²) in [6, 6.07) is 20.1. The van der Waals surface area contributed by atoms with Gasteiger partial charge >= 0.3 is 0 Å². The van der Waals surface area contributed by atoms with Crippen molar-refractivity contribution in [1.82, 2.24) is 14.9 Å². The molecule has 4 aromatic rings. The van der Waals surface area contributed by atoms with Gasteiger partial charge in [0.1, 0.15) is 12.4 Å². The number of carbonyl (C=O) groups is 2. The highest BCUT2D eigenvalue weighted by atomic mass is 16.3. The van der Waals surface area contributed by atoms with Gasteiger partial charge in [0.05, 0.1) is 23.3 Å². The van der Waals surface area contributed by atoms with Crippen LogP contribution in [-0.2, 0) is 11.3 Å². The van der Waals surface area contributed by atoms with Crippen molar-refractivity contribution in [2.24, 2.45) is 0 Å². The van der Waals surface area contributed by atoms with Crippen LogP contribution in [0.5, 0.6) is 0 Å². The molecular formula is C24H24N4O3. The standard InChI is InChI=1S/C24H24N4O3/c1-3-27(18-10-5-4-6-11-18)22(29)16-28-20-13-8-7-12-19(20)26-23(28)17(2)25-24(30)21-14-9-15-31-21/h4-15,17H,3,16H2,1-2H3,(H,25,30)/t17-/m0/s1. The molecule has 1 N–H and O–H groups in total. The second-order valence-electron chi connectivity index (χ2n) is 7.19. The molecule has 0 fully saturated rings. The Morgan fingerprint density at radius 3 is 2.52 bits per heavy atom. The maximum Gasteiger partial charge on any atom is 0.287 e. The number of anilines is 1. The third-order valence-corrected chi connectivity index (χ3v) is 5.14. The molecule has 1 atom stereocenters. The van der Waals surface area contributed by atoms with E-state index in [9.17, 15) is 9.59 Å². The molecule has 2 aromatic heterocycles. The third kappa shape index (κ3) is 4.21. The largest absolute Gasteiger partial charge is 0.459 e. The minimum Gasteiger partial charge on any atom is -0.459 e. The Labute approximate surface area is 180 Å². The van der Waals surface area contributed by atoms with Crippen LogP contribution in [0.25, 0.3) is 11.0 Å². The van der Waals surface area contributed by atoms with Crippen LogP contribution in [0.2, 0.25) is 0 Å². The number of benzene rings is 2. The van der Waals surface area contributed by atoms with Crippen molar-refractivity contribution in [2.45, 2.75) is 26.4 Å². The maximum atomic E-state index is 13.2. The number of hydrogen-bond acceptors (Lipinski definition) is 4. The summed E-state index contributed by atoms with van der Waals surface area (Å²) in [6.07, 6.45) is 1.45. The van der Waals surface area contributed by atoms with Crippen LogP contribution < -0.4 is 10.2 Å². The summed E-state index contributed by atoms with van der Waals surface area (Å²) < 4.78 is 7.05. The van der Waals surface area contributed by atoms with Gasteiger partial charge in [0.2, 0.25) is 5.91 Å². The summed E-state index contributed by atoms with van der Waals surface area (Å²) in [5.41, 5.74) is 2.46. The van der Waals surface area contributed by atoms with Crippen molar-refractivity contribution in [3.63, 3.8) is 0 Å². The van der Waals surface area contributed by atoms with Gasteiger partial charge in [-0.3, -0.25) is 9.59 Å². The second kappa shape index (κ2) is 8.87. The third-order valence-electron chi connectivity index (χ3n) is 5.14. The average Bonchev–Trinajstić information content (AvgIpc) is 3.44. The van der Waals surface area contributed by atoms with E-state index in [1.807, 2.05) is 73.0 Å². The summed E-state index contributed by atoms with van der Waals surface area (Å²) in [5.74, 6) is 0.454. The Morgan fingerprint density at radius 2 is 1.81 bits per heavy atom. The molecule has 0 bridgehead atoms. The molecule has 7 nitrogen and oxygen atoms in total. The Balaban J connectivity index is 1.65. The maximum absolute atomic E-state index is 13.2. The van der Waals surface area contributed by atoms with Crippen molar-refractivity contribution in [3.8, 4) is 0 Å². The number of nitrogens with zero attached hydrogens (tertiary/aromatic N) is 3. The molecular weight excluding hydrogens is 392 g/mol. The lowest BCUT2D eigenvalue weighted by atomic mass is 10.2. The number of nitrogens with one attached hydrogen (secondary N) is 1. The van der Waals surface area contributed by atoms with E-state index >= 15 is 0 Å². The Bertz CT molecular complexity index is 1180. The number of fused-ring (bicyclic) bond motifs is 1. The molecule has 0 radical (unpaired) electrons. The monoisotopic (exact) mass is 416 g/mol. The summed E-state index contributed by atoms with van der Waals surface area (Å²) in [6.45, 7) is 4.46. The predicted molar refractivity (Wildman–Crippen MR) is 119 cm³/mol. The van der Waals surface area contributed by atoms with E-state index in [-0.39, 0.29) is 24.1 Å². The molecule has 0 aliphatic rings. The first-order chi connectivity index (χ1) is 15.1. The van der Waals surface area contributed by atoms with E-state index < -0.39 is 6.04 Å². The SMILES string of the molecule is CCN(C(=O)Cn1c([C@H](C)NC(=O)c2ccco2)nc2ccccc21)c1ccccc1. The number of rotatable bonds is 7.